The molecule has 4 heteroatoms. The standard InChI is InChI=1S/C13H28N2O2/c1-6-17-9-10(2)15-12(16)11(8-14)7-13(3,4)5/h10-11H,6-9,14H2,1-5H3,(H,15,16). The summed E-state index contributed by atoms with van der Waals surface area (Å²) < 4.78 is 5.26. The summed E-state index contributed by atoms with van der Waals surface area (Å²) in [7, 11) is 0. The van der Waals surface area contributed by atoms with Gasteiger partial charge in [0.05, 0.1) is 12.5 Å². The summed E-state index contributed by atoms with van der Waals surface area (Å²) in [5, 5.41) is 2.94. The zero-order chi connectivity index (χ0) is 13.5. The van der Waals surface area contributed by atoms with Crippen LogP contribution >= 0.6 is 0 Å². The van der Waals surface area contributed by atoms with Gasteiger partial charge in [-0.05, 0) is 25.7 Å². The van der Waals surface area contributed by atoms with E-state index in [4.69, 9.17) is 10.5 Å². The van der Waals surface area contributed by atoms with Crippen LogP contribution in [-0.2, 0) is 9.53 Å². The van der Waals surface area contributed by atoms with E-state index in [-0.39, 0.29) is 23.3 Å². The highest BCUT2D eigenvalue weighted by atomic mass is 16.5. The van der Waals surface area contributed by atoms with Gasteiger partial charge in [0.25, 0.3) is 0 Å². The van der Waals surface area contributed by atoms with E-state index in [1.54, 1.807) is 0 Å². The van der Waals surface area contributed by atoms with Gasteiger partial charge >= 0.3 is 0 Å². The minimum absolute atomic E-state index is 0.0367. The van der Waals surface area contributed by atoms with E-state index in [9.17, 15) is 4.79 Å². The predicted molar refractivity (Wildman–Crippen MR) is 70.7 cm³/mol. The van der Waals surface area contributed by atoms with E-state index >= 15 is 0 Å². The highest BCUT2D eigenvalue weighted by Gasteiger charge is 2.24. The molecule has 0 spiro atoms. The molecule has 0 saturated carbocycles. The Morgan fingerprint density at radius 1 is 1.41 bits per heavy atom. The van der Waals surface area contributed by atoms with Crippen LogP contribution in [0.15, 0.2) is 0 Å². The molecule has 0 aromatic rings. The number of nitrogens with one attached hydrogen (secondary N) is 1. The summed E-state index contributed by atoms with van der Waals surface area (Å²) >= 11 is 0. The van der Waals surface area contributed by atoms with Gasteiger partial charge in [0, 0.05) is 19.2 Å². The number of hydrogen-bond donors (Lipinski definition) is 2. The summed E-state index contributed by atoms with van der Waals surface area (Å²) in [5.74, 6) is -0.0753. The first kappa shape index (κ1) is 16.4. The average Bonchev–Trinajstić information content (AvgIpc) is 2.21. The van der Waals surface area contributed by atoms with E-state index in [0.29, 0.717) is 19.8 Å². The molecule has 0 bridgehead atoms. The van der Waals surface area contributed by atoms with Crippen LogP contribution in [0.4, 0.5) is 0 Å². The molecule has 0 aliphatic rings. The fourth-order valence-corrected chi connectivity index (χ4v) is 1.72. The largest absolute Gasteiger partial charge is 0.380 e. The molecule has 0 saturated heterocycles. The molecule has 0 radical (unpaired) electrons. The van der Waals surface area contributed by atoms with Gasteiger partial charge in [-0.15, -0.1) is 0 Å². The summed E-state index contributed by atoms with van der Waals surface area (Å²) in [6.45, 7) is 11.8. The van der Waals surface area contributed by atoms with Crippen molar-refractivity contribution in [1.29, 1.82) is 0 Å². The molecule has 17 heavy (non-hydrogen) atoms. The van der Waals surface area contributed by atoms with Crippen LogP contribution in [-0.4, -0.2) is 31.7 Å². The van der Waals surface area contributed by atoms with Crippen LogP contribution < -0.4 is 11.1 Å². The number of rotatable bonds is 7. The highest BCUT2D eigenvalue weighted by molar-refractivity contribution is 5.79. The van der Waals surface area contributed by atoms with Crippen molar-refractivity contribution in [3.63, 3.8) is 0 Å². The summed E-state index contributed by atoms with van der Waals surface area (Å²) in [4.78, 5) is 12.0. The lowest BCUT2D eigenvalue weighted by molar-refractivity contribution is -0.126. The van der Waals surface area contributed by atoms with E-state index in [1.165, 1.54) is 0 Å². The van der Waals surface area contributed by atoms with Crippen LogP contribution in [0.25, 0.3) is 0 Å². The Kier molecular flexibility index (Phi) is 7.39. The van der Waals surface area contributed by atoms with Crippen molar-refractivity contribution in [1.82, 2.24) is 5.32 Å². The van der Waals surface area contributed by atoms with Crippen molar-refractivity contribution >= 4 is 5.91 Å². The second-order valence-electron chi connectivity index (χ2n) is 5.77. The second kappa shape index (κ2) is 7.67. The third kappa shape index (κ3) is 8.16. The first-order chi connectivity index (χ1) is 7.80. The van der Waals surface area contributed by atoms with Crippen LogP contribution in [0.2, 0.25) is 0 Å². The Hall–Kier alpha value is -0.610. The summed E-state index contributed by atoms with van der Waals surface area (Å²) in [6, 6.07) is 0.0384. The van der Waals surface area contributed by atoms with Crippen molar-refractivity contribution in [2.45, 2.75) is 47.1 Å². The fraction of sp³-hybridized carbons (Fsp3) is 0.923. The number of hydrogen-bond acceptors (Lipinski definition) is 3. The number of amides is 1. The van der Waals surface area contributed by atoms with Gasteiger partial charge in [0.2, 0.25) is 5.91 Å². The normalized spacial score (nSPS) is 15.4. The minimum Gasteiger partial charge on any atom is -0.380 e. The molecule has 102 valence electrons. The molecule has 0 heterocycles. The van der Waals surface area contributed by atoms with Crippen molar-refractivity contribution in [3.8, 4) is 0 Å². The molecule has 2 atom stereocenters. The topological polar surface area (TPSA) is 64.3 Å². The molecule has 2 unspecified atom stereocenters. The number of ether oxygens (including phenoxy) is 1. The predicted octanol–water partition coefficient (Wildman–Crippen LogP) is 1.54. The minimum atomic E-state index is -0.112. The molecule has 0 rings (SSSR count). The van der Waals surface area contributed by atoms with Crippen molar-refractivity contribution < 1.29 is 9.53 Å². The Labute approximate surface area is 105 Å². The summed E-state index contributed by atoms with van der Waals surface area (Å²) in [5.41, 5.74) is 5.78. The molecule has 4 nitrogen and oxygen atoms in total. The first-order valence-electron chi connectivity index (χ1n) is 6.38. The molecule has 0 aliphatic carbocycles. The summed E-state index contributed by atoms with van der Waals surface area (Å²) in [6.07, 6.45) is 0.802. The maximum atomic E-state index is 12.0. The smallest absolute Gasteiger partial charge is 0.224 e. The van der Waals surface area contributed by atoms with Crippen LogP contribution in [0.3, 0.4) is 0 Å². The lowest BCUT2D eigenvalue weighted by Crippen LogP contribution is -2.43. The fourth-order valence-electron chi connectivity index (χ4n) is 1.72. The van der Waals surface area contributed by atoms with Crippen molar-refractivity contribution in [2.24, 2.45) is 17.1 Å². The molecule has 0 fully saturated rings. The molecule has 0 aromatic heterocycles. The second-order valence-corrected chi connectivity index (χ2v) is 5.77. The molecule has 0 aliphatic heterocycles. The SMILES string of the molecule is CCOCC(C)NC(=O)C(CN)CC(C)(C)C. The zero-order valence-electron chi connectivity index (χ0n) is 11.9. The van der Waals surface area contributed by atoms with Gasteiger partial charge in [-0.25, -0.2) is 0 Å². The molecule has 1 amide bonds. The average molecular weight is 244 g/mol. The third-order valence-corrected chi connectivity index (χ3v) is 2.47. The lowest BCUT2D eigenvalue weighted by Gasteiger charge is -2.25. The van der Waals surface area contributed by atoms with Crippen molar-refractivity contribution in [2.75, 3.05) is 19.8 Å². The van der Waals surface area contributed by atoms with Crippen LogP contribution in [0.5, 0.6) is 0 Å². The lowest BCUT2D eigenvalue weighted by atomic mass is 9.84. The number of carbonyl (C=O) groups excluding carboxylic acids is 1. The maximum Gasteiger partial charge on any atom is 0.224 e. The Balaban J connectivity index is 4.16. The monoisotopic (exact) mass is 244 g/mol. The van der Waals surface area contributed by atoms with Gasteiger partial charge < -0.3 is 15.8 Å². The van der Waals surface area contributed by atoms with E-state index in [0.717, 1.165) is 6.42 Å². The van der Waals surface area contributed by atoms with Gasteiger partial charge in [-0.1, -0.05) is 20.8 Å². The quantitative estimate of drug-likeness (QED) is 0.714. The third-order valence-electron chi connectivity index (χ3n) is 2.47. The molecule has 3 N–H and O–H groups in total. The molecular formula is C13H28N2O2. The van der Waals surface area contributed by atoms with Gasteiger partial charge in [0.1, 0.15) is 0 Å². The molecule has 0 aromatic carbocycles. The maximum absolute atomic E-state index is 12.0. The zero-order valence-corrected chi connectivity index (χ0v) is 11.9. The van der Waals surface area contributed by atoms with Crippen molar-refractivity contribution in [3.05, 3.63) is 0 Å². The van der Waals surface area contributed by atoms with E-state index < -0.39 is 0 Å². The van der Waals surface area contributed by atoms with E-state index in [2.05, 4.69) is 26.1 Å². The number of carbonyl (C=O) groups is 1. The Bertz CT molecular complexity index is 224. The highest BCUT2D eigenvalue weighted by Crippen LogP contribution is 2.24. The van der Waals surface area contributed by atoms with Gasteiger partial charge in [-0.2, -0.15) is 0 Å². The van der Waals surface area contributed by atoms with Crippen LogP contribution in [0, 0.1) is 11.3 Å². The van der Waals surface area contributed by atoms with Gasteiger partial charge in [-0.3, -0.25) is 4.79 Å². The first-order valence-corrected chi connectivity index (χ1v) is 6.38. The number of nitrogens with two attached hydrogens (primary N) is 1. The van der Waals surface area contributed by atoms with Crippen LogP contribution in [0.1, 0.15) is 41.0 Å². The van der Waals surface area contributed by atoms with E-state index in [1.807, 2.05) is 13.8 Å². The van der Waals surface area contributed by atoms with Gasteiger partial charge in [0.15, 0.2) is 0 Å². The molecular weight excluding hydrogens is 216 g/mol. The Morgan fingerprint density at radius 3 is 2.41 bits per heavy atom. The Morgan fingerprint density at radius 2 is 2.00 bits per heavy atom.